The van der Waals surface area contributed by atoms with E-state index in [4.69, 9.17) is 9.84 Å². The van der Waals surface area contributed by atoms with Crippen LogP contribution in [0.5, 0.6) is 0 Å². The summed E-state index contributed by atoms with van der Waals surface area (Å²) in [6.07, 6.45) is 4.51. The summed E-state index contributed by atoms with van der Waals surface area (Å²) in [6.45, 7) is 10.1. The van der Waals surface area contributed by atoms with E-state index in [1.807, 2.05) is 19.1 Å². The third-order valence-electron chi connectivity index (χ3n) is 5.97. The normalized spacial score (nSPS) is 18.5. The SMILES string of the molecule is Cc1c(C(=O)NCCN2CCOCC2)ccc2nn(CC3CCNCC3)cc12.Cl. The lowest BCUT2D eigenvalue weighted by Crippen LogP contribution is -2.41. The molecular formula is C21H32ClN5O2. The number of nitrogens with one attached hydrogen (secondary N) is 2. The van der Waals surface area contributed by atoms with Gasteiger partial charge in [0.05, 0.1) is 18.7 Å². The van der Waals surface area contributed by atoms with Crippen LogP contribution in [-0.4, -0.2) is 73.1 Å². The number of hydrogen-bond donors (Lipinski definition) is 2. The first-order valence-electron chi connectivity index (χ1n) is 10.5. The standard InChI is InChI=1S/C21H31N5O2.ClH/c1-16-18(21(27)23-8-9-25-10-12-28-13-11-25)2-3-20-19(16)15-26(24-20)14-17-4-6-22-7-5-17;/h2-3,15,17,22H,4-14H2,1H3,(H,23,27);1H. The van der Waals surface area contributed by atoms with Gasteiger partial charge in [-0.1, -0.05) is 0 Å². The van der Waals surface area contributed by atoms with Crippen molar-refractivity contribution < 1.29 is 9.53 Å². The Morgan fingerprint density at radius 1 is 1.28 bits per heavy atom. The van der Waals surface area contributed by atoms with E-state index < -0.39 is 0 Å². The maximum atomic E-state index is 12.7. The molecule has 2 aromatic rings. The van der Waals surface area contributed by atoms with Crippen LogP contribution >= 0.6 is 12.4 Å². The zero-order chi connectivity index (χ0) is 19.3. The molecule has 160 valence electrons. The number of aryl methyl sites for hydroxylation is 1. The first-order valence-corrected chi connectivity index (χ1v) is 10.5. The average Bonchev–Trinajstić information content (AvgIpc) is 3.13. The molecule has 2 aliphatic rings. The van der Waals surface area contributed by atoms with E-state index in [2.05, 4.69) is 26.4 Å². The zero-order valence-corrected chi connectivity index (χ0v) is 18.0. The molecule has 4 rings (SSSR count). The fraction of sp³-hybridized carbons (Fsp3) is 0.619. The molecule has 3 heterocycles. The number of amides is 1. The minimum absolute atomic E-state index is 0. The Bertz CT molecular complexity index is 813. The van der Waals surface area contributed by atoms with Crippen molar-refractivity contribution in [3.63, 3.8) is 0 Å². The highest BCUT2D eigenvalue weighted by atomic mass is 35.5. The van der Waals surface area contributed by atoms with Gasteiger partial charge in [-0.3, -0.25) is 14.4 Å². The molecule has 0 unspecified atom stereocenters. The lowest BCUT2D eigenvalue weighted by atomic mass is 9.98. The molecule has 8 heteroatoms. The number of aromatic nitrogens is 2. The smallest absolute Gasteiger partial charge is 0.251 e. The monoisotopic (exact) mass is 421 g/mol. The van der Waals surface area contributed by atoms with Crippen molar-refractivity contribution in [1.29, 1.82) is 0 Å². The quantitative estimate of drug-likeness (QED) is 0.744. The summed E-state index contributed by atoms with van der Waals surface area (Å²) in [7, 11) is 0. The molecule has 1 amide bonds. The van der Waals surface area contributed by atoms with Crippen LogP contribution in [0.1, 0.15) is 28.8 Å². The van der Waals surface area contributed by atoms with Crippen molar-refractivity contribution >= 4 is 29.2 Å². The maximum absolute atomic E-state index is 12.7. The summed E-state index contributed by atoms with van der Waals surface area (Å²) in [4.78, 5) is 15.0. The predicted octanol–water partition coefficient (Wildman–Crippen LogP) is 1.83. The summed E-state index contributed by atoms with van der Waals surface area (Å²) in [5.41, 5.74) is 2.73. The number of benzene rings is 1. The van der Waals surface area contributed by atoms with E-state index in [-0.39, 0.29) is 18.3 Å². The minimum atomic E-state index is -0.00114. The molecule has 2 saturated heterocycles. The number of morpholine rings is 1. The fourth-order valence-corrected chi connectivity index (χ4v) is 4.20. The molecule has 0 saturated carbocycles. The molecule has 0 aliphatic carbocycles. The summed E-state index contributed by atoms with van der Waals surface area (Å²) in [5.74, 6) is 0.678. The largest absolute Gasteiger partial charge is 0.379 e. The molecule has 2 fully saturated rings. The van der Waals surface area contributed by atoms with E-state index in [0.717, 1.165) is 74.5 Å². The van der Waals surface area contributed by atoms with Crippen molar-refractivity contribution in [1.82, 2.24) is 25.3 Å². The summed E-state index contributed by atoms with van der Waals surface area (Å²) in [6, 6.07) is 3.88. The Labute approximate surface area is 178 Å². The number of fused-ring (bicyclic) bond motifs is 1. The molecule has 0 radical (unpaired) electrons. The Morgan fingerprint density at radius 3 is 2.79 bits per heavy atom. The first-order chi connectivity index (χ1) is 13.7. The number of carbonyl (C=O) groups excluding carboxylic acids is 1. The molecule has 2 aliphatic heterocycles. The van der Waals surface area contributed by atoms with E-state index >= 15 is 0 Å². The van der Waals surface area contributed by atoms with Crippen LogP contribution in [0.25, 0.3) is 10.9 Å². The highest BCUT2D eigenvalue weighted by Crippen LogP contribution is 2.22. The molecule has 7 nitrogen and oxygen atoms in total. The lowest BCUT2D eigenvalue weighted by Gasteiger charge is -2.26. The van der Waals surface area contributed by atoms with Crippen LogP contribution in [0.4, 0.5) is 0 Å². The van der Waals surface area contributed by atoms with Gasteiger partial charge >= 0.3 is 0 Å². The van der Waals surface area contributed by atoms with Gasteiger partial charge in [0, 0.05) is 49.9 Å². The van der Waals surface area contributed by atoms with Gasteiger partial charge in [-0.2, -0.15) is 5.10 Å². The molecule has 29 heavy (non-hydrogen) atoms. The lowest BCUT2D eigenvalue weighted by molar-refractivity contribution is 0.0383. The van der Waals surface area contributed by atoms with Crippen molar-refractivity contribution in [3.05, 3.63) is 29.5 Å². The number of carbonyl (C=O) groups is 1. The van der Waals surface area contributed by atoms with Gasteiger partial charge in [-0.25, -0.2) is 0 Å². The molecule has 1 aromatic heterocycles. The molecule has 0 atom stereocenters. The first kappa shape index (κ1) is 22.0. The summed E-state index contributed by atoms with van der Waals surface area (Å²) >= 11 is 0. The second-order valence-electron chi connectivity index (χ2n) is 7.93. The van der Waals surface area contributed by atoms with Crippen molar-refractivity contribution in [3.8, 4) is 0 Å². The van der Waals surface area contributed by atoms with E-state index in [9.17, 15) is 4.79 Å². The minimum Gasteiger partial charge on any atom is -0.379 e. The van der Waals surface area contributed by atoms with Crippen LogP contribution in [0.2, 0.25) is 0 Å². The second kappa shape index (κ2) is 10.4. The Kier molecular flexibility index (Phi) is 7.89. The molecule has 1 aromatic carbocycles. The topological polar surface area (TPSA) is 71.4 Å². The van der Waals surface area contributed by atoms with Gasteiger partial charge in [-0.15, -0.1) is 12.4 Å². The van der Waals surface area contributed by atoms with E-state index in [1.54, 1.807) is 0 Å². The van der Waals surface area contributed by atoms with E-state index in [1.165, 1.54) is 12.8 Å². The van der Waals surface area contributed by atoms with Crippen molar-refractivity contribution in [2.45, 2.75) is 26.3 Å². The highest BCUT2D eigenvalue weighted by molar-refractivity contribution is 6.00. The van der Waals surface area contributed by atoms with Gasteiger partial charge < -0.3 is 15.4 Å². The number of hydrogen-bond acceptors (Lipinski definition) is 5. The van der Waals surface area contributed by atoms with Gasteiger partial charge in [0.25, 0.3) is 5.91 Å². The van der Waals surface area contributed by atoms with Gasteiger partial charge in [0.15, 0.2) is 0 Å². The van der Waals surface area contributed by atoms with E-state index in [0.29, 0.717) is 12.5 Å². The summed E-state index contributed by atoms with van der Waals surface area (Å²) < 4.78 is 7.43. The van der Waals surface area contributed by atoms with Crippen LogP contribution in [0.15, 0.2) is 18.3 Å². The Morgan fingerprint density at radius 2 is 2.03 bits per heavy atom. The molecule has 0 spiro atoms. The molecular weight excluding hydrogens is 390 g/mol. The van der Waals surface area contributed by atoms with Crippen molar-refractivity contribution in [2.75, 3.05) is 52.5 Å². The fourth-order valence-electron chi connectivity index (χ4n) is 4.20. The average molecular weight is 422 g/mol. The number of halogens is 1. The number of ether oxygens (including phenoxy) is 1. The van der Waals surface area contributed by atoms with Crippen LogP contribution in [-0.2, 0) is 11.3 Å². The van der Waals surface area contributed by atoms with Gasteiger partial charge in [-0.05, 0) is 56.5 Å². The maximum Gasteiger partial charge on any atom is 0.251 e. The third kappa shape index (κ3) is 5.48. The predicted molar refractivity (Wildman–Crippen MR) is 117 cm³/mol. The van der Waals surface area contributed by atoms with Gasteiger partial charge in [0.2, 0.25) is 0 Å². The van der Waals surface area contributed by atoms with Crippen LogP contribution in [0, 0.1) is 12.8 Å². The molecule has 0 bridgehead atoms. The van der Waals surface area contributed by atoms with Crippen LogP contribution < -0.4 is 10.6 Å². The highest BCUT2D eigenvalue weighted by Gasteiger charge is 2.17. The van der Waals surface area contributed by atoms with Crippen LogP contribution in [0.3, 0.4) is 0 Å². The number of rotatable bonds is 6. The summed E-state index contributed by atoms with van der Waals surface area (Å²) in [5, 5.41) is 12.3. The molecule has 2 N–H and O–H groups in total. The Hall–Kier alpha value is -1.67. The van der Waals surface area contributed by atoms with Gasteiger partial charge in [0.1, 0.15) is 0 Å². The number of piperidine rings is 1. The zero-order valence-electron chi connectivity index (χ0n) is 17.2. The second-order valence-corrected chi connectivity index (χ2v) is 7.93. The third-order valence-corrected chi connectivity index (χ3v) is 5.97. The number of nitrogens with zero attached hydrogens (tertiary/aromatic N) is 3. The van der Waals surface area contributed by atoms with Crippen molar-refractivity contribution in [2.24, 2.45) is 5.92 Å². The Balaban J connectivity index is 0.00000240.